The Balaban J connectivity index is 2.03. The molecule has 0 fully saturated rings. The molecule has 1 unspecified atom stereocenters. The monoisotopic (exact) mass is 278 g/mol. The number of hydrogen-bond acceptors (Lipinski definition) is 4. The fourth-order valence-corrected chi connectivity index (χ4v) is 2.00. The smallest absolute Gasteiger partial charge is 0.350 e. The molecule has 1 amide bonds. The van der Waals surface area contributed by atoms with Gasteiger partial charge in [0, 0.05) is 18.8 Å². The molecule has 7 heteroatoms. The van der Waals surface area contributed by atoms with Gasteiger partial charge in [-0.1, -0.05) is 6.07 Å². The van der Waals surface area contributed by atoms with E-state index in [0.717, 1.165) is 4.68 Å². The van der Waals surface area contributed by atoms with Crippen LogP contribution in [0, 0.1) is 0 Å². The third-order valence-corrected chi connectivity index (χ3v) is 2.98. The molecular weight excluding hydrogens is 260 g/mol. The van der Waals surface area contributed by atoms with Gasteiger partial charge in [0.2, 0.25) is 5.91 Å². The molecule has 2 aromatic heterocycles. The predicted octanol–water partition coefficient (Wildman–Crippen LogP) is -0.227. The molecule has 20 heavy (non-hydrogen) atoms. The van der Waals surface area contributed by atoms with Gasteiger partial charge in [0.05, 0.1) is 0 Å². The van der Waals surface area contributed by atoms with Crippen molar-refractivity contribution in [2.45, 2.75) is 32.4 Å². The number of nitrogens with zero attached hydrogens (tertiary/aromatic N) is 3. The minimum absolute atomic E-state index is 0.0395. The lowest BCUT2D eigenvalue weighted by atomic mass is 10.2. The van der Waals surface area contributed by atoms with Crippen LogP contribution in [-0.4, -0.2) is 37.8 Å². The highest BCUT2D eigenvalue weighted by molar-refractivity contribution is 5.75. The van der Waals surface area contributed by atoms with Crippen molar-refractivity contribution in [2.75, 3.05) is 6.61 Å². The van der Waals surface area contributed by atoms with Gasteiger partial charge in [0.15, 0.2) is 5.65 Å². The molecule has 0 saturated heterocycles. The number of nitrogens with one attached hydrogen (secondary N) is 1. The largest absolute Gasteiger partial charge is 0.396 e. The highest BCUT2D eigenvalue weighted by atomic mass is 16.3. The van der Waals surface area contributed by atoms with Gasteiger partial charge in [0.1, 0.15) is 6.54 Å². The zero-order valence-electron chi connectivity index (χ0n) is 11.3. The van der Waals surface area contributed by atoms with Crippen molar-refractivity contribution in [3.63, 3.8) is 0 Å². The number of aromatic nitrogens is 3. The second-order valence-corrected chi connectivity index (χ2v) is 4.70. The van der Waals surface area contributed by atoms with Gasteiger partial charge in [-0.05, 0) is 31.9 Å². The summed E-state index contributed by atoms with van der Waals surface area (Å²) in [6.07, 6.45) is 2.95. The minimum atomic E-state index is -0.334. The number of carbonyl (C=O) groups is 1. The van der Waals surface area contributed by atoms with Crippen LogP contribution in [0.4, 0.5) is 0 Å². The van der Waals surface area contributed by atoms with Crippen LogP contribution in [0.1, 0.15) is 19.8 Å². The Bertz CT molecular complexity index is 646. The Hall–Kier alpha value is -2.15. The number of fused-ring (bicyclic) bond motifs is 1. The third-order valence-electron chi connectivity index (χ3n) is 2.98. The van der Waals surface area contributed by atoms with Crippen LogP contribution in [0.5, 0.6) is 0 Å². The summed E-state index contributed by atoms with van der Waals surface area (Å²) in [7, 11) is 0. The van der Waals surface area contributed by atoms with E-state index in [-0.39, 0.29) is 30.8 Å². The summed E-state index contributed by atoms with van der Waals surface area (Å²) in [5.41, 5.74) is 0.178. The van der Waals surface area contributed by atoms with Gasteiger partial charge >= 0.3 is 5.69 Å². The lowest BCUT2D eigenvalue weighted by Crippen LogP contribution is -2.37. The number of amides is 1. The lowest BCUT2D eigenvalue weighted by molar-refractivity contribution is -0.122. The molecule has 0 spiro atoms. The van der Waals surface area contributed by atoms with Gasteiger partial charge in [0.25, 0.3) is 0 Å². The quantitative estimate of drug-likeness (QED) is 0.764. The Labute approximate surface area is 115 Å². The van der Waals surface area contributed by atoms with Crippen molar-refractivity contribution in [2.24, 2.45) is 0 Å². The Kier molecular flexibility index (Phi) is 4.52. The van der Waals surface area contributed by atoms with E-state index in [1.54, 1.807) is 24.4 Å². The Morgan fingerprint density at radius 1 is 1.50 bits per heavy atom. The van der Waals surface area contributed by atoms with Gasteiger partial charge < -0.3 is 10.4 Å². The maximum atomic E-state index is 12.0. The first-order valence-corrected chi connectivity index (χ1v) is 6.56. The molecule has 0 aliphatic rings. The second-order valence-electron chi connectivity index (χ2n) is 4.70. The number of aliphatic hydroxyl groups is 1. The van der Waals surface area contributed by atoms with E-state index in [4.69, 9.17) is 5.11 Å². The van der Waals surface area contributed by atoms with Crippen molar-refractivity contribution in [3.8, 4) is 0 Å². The van der Waals surface area contributed by atoms with Crippen LogP contribution < -0.4 is 11.0 Å². The molecule has 1 atom stereocenters. The number of hydrogen-bond donors (Lipinski definition) is 2. The van der Waals surface area contributed by atoms with Crippen LogP contribution in [0.25, 0.3) is 5.65 Å². The molecule has 0 aliphatic carbocycles. The Morgan fingerprint density at radius 2 is 2.30 bits per heavy atom. The summed E-state index contributed by atoms with van der Waals surface area (Å²) in [6, 6.07) is 5.18. The van der Waals surface area contributed by atoms with E-state index < -0.39 is 0 Å². The summed E-state index contributed by atoms with van der Waals surface area (Å²) in [5.74, 6) is -0.263. The van der Waals surface area contributed by atoms with Gasteiger partial charge in [-0.15, -0.1) is 5.10 Å². The maximum absolute atomic E-state index is 12.0. The zero-order valence-corrected chi connectivity index (χ0v) is 11.3. The molecule has 0 aliphatic heterocycles. The van der Waals surface area contributed by atoms with Gasteiger partial charge in [-0.3, -0.25) is 9.20 Å². The summed E-state index contributed by atoms with van der Waals surface area (Å²) in [5, 5.41) is 15.6. The topological polar surface area (TPSA) is 88.6 Å². The van der Waals surface area contributed by atoms with E-state index in [1.165, 1.54) is 4.40 Å². The molecule has 0 radical (unpaired) electrons. The highest BCUT2D eigenvalue weighted by Crippen LogP contribution is 1.97. The summed E-state index contributed by atoms with van der Waals surface area (Å²) in [6.45, 7) is 1.86. The Morgan fingerprint density at radius 3 is 3.00 bits per heavy atom. The zero-order chi connectivity index (χ0) is 14.5. The van der Waals surface area contributed by atoms with E-state index >= 15 is 0 Å². The summed E-state index contributed by atoms with van der Waals surface area (Å²) >= 11 is 0. The molecule has 2 heterocycles. The van der Waals surface area contributed by atoms with Crippen LogP contribution in [0.2, 0.25) is 0 Å². The molecule has 0 aromatic carbocycles. The maximum Gasteiger partial charge on any atom is 0.350 e. The van der Waals surface area contributed by atoms with Crippen molar-refractivity contribution in [1.82, 2.24) is 19.5 Å². The van der Waals surface area contributed by atoms with Crippen molar-refractivity contribution in [3.05, 3.63) is 34.9 Å². The predicted molar refractivity (Wildman–Crippen MR) is 73.4 cm³/mol. The first kappa shape index (κ1) is 14.3. The highest BCUT2D eigenvalue weighted by Gasteiger charge is 2.12. The molecule has 2 rings (SSSR count). The molecule has 2 aromatic rings. The fourth-order valence-electron chi connectivity index (χ4n) is 2.00. The van der Waals surface area contributed by atoms with Gasteiger partial charge in [-0.2, -0.15) is 0 Å². The molecule has 108 valence electrons. The molecule has 2 N–H and O–H groups in total. The molecule has 7 nitrogen and oxygen atoms in total. The first-order valence-electron chi connectivity index (χ1n) is 6.56. The normalized spacial score (nSPS) is 12.5. The van der Waals surface area contributed by atoms with Crippen molar-refractivity contribution < 1.29 is 9.90 Å². The van der Waals surface area contributed by atoms with Crippen LogP contribution in [0.15, 0.2) is 29.2 Å². The average Bonchev–Trinajstić information content (AvgIpc) is 2.73. The van der Waals surface area contributed by atoms with Crippen molar-refractivity contribution in [1.29, 1.82) is 0 Å². The average molecular weight is 278 g/mol. The lowest BCUT2D eigenvalue weighted by Gasteiger charge is -2.12. The van der Waals surface area contributed by atoms with E-state index in [2.05, 4.69) is 10.4 Å². The van der Waals surface area contributed by atoms with Crippen LogP contribution in [-0.2, 0) is 11.3 Å². The number of rotatable bonds is 6. The number of pyridine rings is 1. The minimum Gasteiger partial charge on any atom is -0.396 e. The van der Waals surface area contributed by atoms with Crippen LogP contribution >= 0.6 is 0 Å². The van der Waals surface area contributed by atoms with E-state index in [9.17, 15) is 9.59 Å². The van der Waals surface area contributed by atoms with E-state index in [1.807, 2.05) is 6.92 Å². The SMILES string of the molecule is CC(CCCO)NC(=O)Cn1nc2ccccn2c1=O. The second kappa shape index (κ2) is 6.33. The summed E-state index contributed by atoms with van der Waals surface area (Å²) < 4.78 is 2.53. The molecular formula is C13H18N4O3. The standard InChI is InChI=1S/C13H18N4O3/c1-10(5-4-8-18)14-12(19)9-17-13(20)16-7-3-2-6-11(16)15-17/h2-3,6-7,10,18H,4-5,8-9H2,1H3,(H,14,19). The number of carbonyl (C=O) groups excluding carboxylic acids is 1. The fraction of sp³-hybridized carbons (Fsp3) is 0.462. The van der Waals surface area contributed by atoms with E-state index in [0.29, 0.717) is 18.5 Å². The van der Waals surface area contributed by atoms with Gasteiger partial charge in [-0.25, -0.2) is 9.48 Å². The third kappa shape index (κ3) is 3.24. The number of aliphatic hydroxyl groups excluding tert-OH is 1. The summed E-state index contributed by atoms with van der Waals surface area (Å²) in [4.78, 5) is 23.8. The van der Waals surface area contributed by atoms with Crippen molar-refractivity contribution >= 4 is 11.6 Å². The van der Waals surface area contributed by atoms with Crippen LogP contribution in [0.3, 0.4) is 0 Å². The first-order chi connectivity index (χ1) is 9.61. The molecule has 0 bridgehead atoms. The molecule has 0 saturated carbocycles.